The third-order valence-electron chi connectivity index (χ3n) is 3.28. The Balaban J connectivity index is 2.22. The minimum atomic E-state index is -0.575. The summed E-state index contributed by atoms with van der Waals surface area (Å²) in [7, 11) is 0. The lowest BCUT2D eigenvalue weighted by molar-refractivity contribution is -0.138. The Labute approximate surface area is 99.0 Å². The van der Waals surface area contributed by atoms with Gasteiger partial charge < -0.3 is 5.32 Å². The van der Waals surface area contributed by atoms with Gasteiger partial charge in [0.1, 0.15) is 5.82 Å². The predicted octanol–water partition coefficient (Wildman–Crippen LogP) is 1.91. The first-order valence-electron chi connectivity index (χ1n) is 5.63. The Kier molecular flexibility index (Phi) is 2.96. The van der Waals surface area contributed by atoms with Crippen molar-refractivity contribution in [1.82, 2.24) is 5.32 Å². The van der Waals surface area contributed by atoms with Crippen LogP contribution in [0.25, 0.3) is 0 Å². The Hall–Kier alpha value is -1.71. The Morgan fingerprint density at radius 2 is 1.82 bits per heavy atom. The number of hydrogen-bond acceptors (Lipinski definition) is 2. The van der Waals surface area contributed by atoms with Crippen LogP contribution >= 0.6 is 0 Å². The second kappa shape index (κ2) is 4.28. The average molecular weight is 235 g/mol. The smallest absolute Gasteiger partial charge is 0.287 e. The lowest BCUT2D eigenvalue weighted by atomic mass is 9.71. The number of nitrogens with one attached hydrogen (secondary N) is 1. The number of carbonyl (C=O) groups is 2. The Morgan fingerprint density at radius 3 is 2.24 bits per heavy atom. The van der Waals surface area contributed by atoms with Gasteiger partial charge in [0.2, 0.25) is 5.78 Å². The van der Waals surface area contributed by atoms with Crippen LogP contribution in [0.15, 0.2) is 24.3 Å². The highest BCUT2D eigenvalue weighted by Gasteiger charge is 2.40. The van der Waals surface area contributed by atoms with E-state index in [-0.39, 0.29) is 5.82 Å². The molecule has 2 rings (SSSR count). The number of halogens is 1. The number of rotatable bonds is 3. The molecule has 1 N–H and O–H groups in total. The van der Waals surface area contributed by atoms with Crippen LogP contribution in [0.5, 0.6) is 0 Å². The molecule has 0 spiro atoms. The number of carbonyl (C=O) groups excluding carboxylic acids is 2. The molecule has 3 nitrogen and oxygen atoms in total. The summed E-state index contributed by atoms with van der Waals surface area (Å²) < 4.78 is 12.8. The van der Waals surface area contributed by atoms with Crippen molar-refractivity contribution in [3.05, 3.63) is 35.6 Å². The summed E-state index contributed by atoms with van der Waals surface area (Å²) in [5.41, 5.74) is 0.385. The van der Waals surface area contributed by atoms with Gasteiger partial charge >= 0.3 is 0 Å². The van der Waals surface area contributed by atoms with Crippen LogP contribution in [-0.2, 0) is 15.1 Å². The number of Topliss-reactive ketones (excluding diaryl/α,β-unsaturated/α-hetero) is 1. The van der Waals surface area contributed by atoms with Gasteiger partial charge in [0, 0.05) is 6.92 Å². The number of amides is 1. The van der Waals surface area contributed by atoms with Gasteiger partial charge in [0.05, 0.1) is 5.54 Å². The fourth-order valence-corrected chi connectivity index (χ4v) is 2.09. The zero-order valence-electron chi connectivity index (χ0n) is 9.63. The molecule has 90 valence electrons. The molecule has 1 aliphatic rings. The maximum atomic E-state index is 12.8. The number of hydrogen-bond donors (Lipinski definition) is 1. The largest absolute Gasteiger partial charge is 0.340 e. The molecule has 17 heavy (non-hydrogen) atoms. The summed E-state index contributed by atoms with van der Waals surface area (Å²) in [6.45, 7) is 1.24. The van der Waals surface area contributed by atoms with E-state index in [2.05, 4.69) is 5.32 Å². The molecule has 0 unspecified atom stereocenters. The van der Waals surface area contributed by atoms with Crippen molar-refractivity contribution in [2.45, 2.75) is 31.7 Å². The van der Waals surface area contributed by atoms with Crippen LogP contribution in [0.2, 0.25) is 0 Å². The highest BCUT2D eigenvalue weighted by Crippen LogP contribution is 2.41. The van der Waals surface area contributed by atoms with E-state index in [4.69, 9.17) is 0 Å². The molecule has 0 atom stereocenters. The van der Waals surface area contributed by atoms with E-state index in [1.807, 2.05) is 0 Å². The van der Waals surface area contributed by atoms with Crippen molar-refractivity contribution < 1.29 is 14.0 Å². The molecule has 1 saturated carbocycles. The topological polar surface area (TPSA) is 46.2 Å². The van der Waals surface area contributed by atoms with E-state index >= 15 is 0 Å². The molecule has 0 aromatic heterocycles. The lowest BCUT2D eigenvalue weighted by Gasteiger charge is -2.42. The average Bonchev–Trinajstić information content (AvgIpc) is 2.24. The van der Waals surface area contributed by atoms with Crippen molar-refractivity contribution in [1.29, 1.82) is 0 Å². The van der Waals surface area contributed by atoms with Gasteiger partial charge in [-0.3, -0.25) is 9.59 Å². The molecule has 0 saturated heterocycles. The third-order valence-corrected chi connectivity index (χ3v) is 3.28. The quantitative estimate of drug-likeness (QED) is 0.813. The van der Waals surface area contributed by atoms with E-state index in [9.17, 15) is 14.0 Å². The van der Waals surface area contributed by atoms with E-state index in [0.29, 0.717) is 0 Å². The van der Waals surface area contributed by atoms with E-state index < -0.39 is 17.2 Å². The summed E-state index contributed by atoms with van der Waals surface area (Å²) in [4.78, 5) is 22.4. The second-order valence-electron chi connectivity index (χ2n) is 4.45. The van der Waals surface area contributed by atoms with Gasteiger partial charge in [-0.2, -0.15) is 0 Å². The van der Waals surface area contributed by atoms with Crippen molar-refractivity contribution in [2.24, 2.45) is 0 Å². The third kappa shape index (κ3) is 2.20. The summed E-state index contributed by atoms with van der Waals surface area (Å²) >= 11 is 0. The van der Waals surface area contributed by atoms with Gasteiger partial charge in [-0.05, 0) is 37.0 Å². The molecule has 1 aromatic rings. The Morgan fingerprint density at radius 1 is 1.24 bits per heavy atom. The van der Waals surface area contributed by atoms with Gasteiger partial charge in [-0.1, -0.05) is 12.1 Å². The van der Waals surface area contributed by atoms with Gasteiger partial charge in [0.25, 0.3) is 5.91 Å². The van der Waals surface area contributed by atoms with Gasteiger partial charge in [0.15, 0.2) is 0 Å². The van der Waals surface area contributed by atoms with Crippen LogP contribution in [0.4, 0.5) is 4.39 Å². The summed E-state index contributed by atoms with van der Waals surface area (Å²) in [6, 6.07) is 6.06. The van der Waals surface area contributed by atoms with Crippen molar-refractivity contribution in [2.75, 3.05) is 0 Å². The Bertz CT molecular complexity index is 449. The predicted molar refractivity (Wildman–Crippen MR) is 60.8 cm³/mol. The van der Waals surface area contributed by atoms with Crippen LogP contribution in [0.1, 0.15) is 31.7 Å². The molecule has 1 aliphatic carbocycles. The highest BCUT2D eigenvalue weighted by molar-refractivity contribution is 6.35. The first-order chi connectivity index (χ1) is 8.03. The molecule has 1 aromatic carbocycles. The zero-order valence-corrected chi connectivity index (χ0v) is 9.63. The molecular formula is C13H14FNO2. The molecule has 4 heteroatoms. The molecule has 0 aliphatic heterocycles. The number of ketones is 1. The molecule has 1 fully saturated rings. The fourth-order valence-electron chi connectivity index (χ4n) is 2.09. The SMILES string of the molecule is CC(=O)C(=O)NC1(c2ccc(F)cc2)CCC1. The summed E-state index contributed by atoms with van der Waals surface area (Å²) in [5.74, 6) is -1.38. The monoisotopic (exact) mass is 235 g/mol. The molecular weight excluding hydrogens is 221 g/mol. The van der Waals surface area contributed by atoms with Gasteiger partial charge in [-0.15, -0.1) is 0 Å². The second-order valence-corrected chi connectivity index (χ2v) is 4.45. The van der Waals surface area contributed by atoms with Gasteiger partial charge in [-0.25, -0.2) is 4.39 Å². The summed E-state index contributed by atoms with van der Waals surface area (Å²) in [6.07, 6.45) is 2.57. The normalized spacial score (nSPS) is 17.1. The minimum absolute atomic E-state index is 0.305. The molecule has 0 heterocycles. The van der Waals surface area contributed by atoms with Crippen LogP contribution in [0.3, 0.4) is 0 Å². The van der Waals surface area contributed by atoms with Crippen molar-refractivity contribution >= 4 is 11.7 Å². The standard InChI is InChI=1S/C13H14FNO2/c1-9(16)12(17)15-13(7-2-8-13)10-3-5-11(14)6-4-10/h3-6H,2,7-8H2,1H3,(H,15,17). The van der Waals surface area contributed by atoms with Crippen LogP contribution in [-0.4, -0.2) is 11.7 Å². The number of benzene rings is 1. The molecule has 0 bridgehead atoms. The van der Waals surface area contributed by atoms with Crippen molar-refractivity contribution in [3.63, 3.8) is 0 Å². The molecule has 0 radical (unpaired) electrons. The van der Waals surface area contributed by atoms with Crippen molar-refractivity contribution in [3.8, 4) is 0 Å². The van der Waals surface area contributed by atoms with E-state index in [1.54, 1.807) is 12.1 Å². The maximum Gasteiger partial charge on any atom is 0.287 e. The lowest BCUT2D eigenvalue weighted by Crippen LogP contribution is -2.52. The first-order valence-corrected chi connectivity index (χ1v) is 5.63. The van der Waals surface area contributed by atoms with E-state index in [0.717, 1.165) is 24.8 Å². The first kappa shape index (κ1) is 11.8. The van der Waals surface area contributed by atoms with E-state index in [1.165, 1.54) is 19.1 Å². The highest BCUT2D eigenvalue weighted by atomic mass is 19.1. The fraction of sp³-hybridized carbons (Fsp3) is 0.385. The van der Waals surface area contributed by atoms with Crippen LogP contribution in [0, 0.1) is 5.82 Å². The summed E-state index contributed by atoms with van der Waals surface area (Å²) in [5, 5.41) is 2.75. The maximum absolute atomic E-state index is 12.8. The minimum Gasteiger partial charge on any atom is -0.340 e. The zero-order chi connectivity index (χ0) is 12.5. The molecule has 1 amide bonds. The van der Waals surface area contributed by atoms with Crippen LogP contribution < -0.4 is 5.32 Å².